The first-order chi connectivity index (χ1) is 3.39. The molecule has 0 aliphatic rings. The van der Waals surface area contributed by atoms with Gasteiger partial charge in [-0.25, -0.2) is 0 Å². The summed E-state index contributed by atoms with van der Waals surface area (Å²) in [6, 6.07) is 5.96. The van der Waals surface area contributed by atoms with E-state index in [1.54, 1.807) is 0 Å². The summed E-state index contributed by atoms with van der Waals surface area (Å²) in [4.78, 5) is 4.03. The molecule has 0 fully saturated rings. The standard InChI is InChI=1S/C5H4N.Zn/c1-2-4-6-5-3-1;/h1-4H;. The normalized spacial score (nSPS) is 8.86. The third kappa shape index (κ3) is 1.36. The summed E-state index contributed by atoms with van der Waals surface area (Å²) in [6.07, 6.45) is 1.82. The van der Waals surface area contributed by atoms with Gasteiger partial charge in [0.15, 0.2) is 0 Å². The van der Waals surface area contributed by atoms with E-state index in [1.807, 2.05) is 24.4 Å². The monoisotopic (exact) mass is 142 g/mol. The molecule has 0 amide bonds. The van der Waals surface area contributed by atoms with E-state index in [-0.39, 0.29) is 0 Å². The Hall–Kier alpha value is -0.227. The van der Waals surface area contributed by atoms with Crippen LogP contribution in [0.5, 0.6) is 0 Å². The van der Waals surface area contributed by atoms with Gasteiger partial charge in [-0.1, -0.05) is 0 Å². The Kier molecular flexibility index (Phi) is 1.53. The molecule has 31 valence electrons. The van der Waals surface area contributed by atoms with Crippen molar-refractivity contribution in [3.8, 4) is 0 Å². The fourth-order valence-electron chi connectivity index (χ4n) is 0.398. The Morgan fingerprint density at radius 3 is 2.57 bits per heavy atom. The van der Waals surface area contributed by atoms with Crippen molar-refractivity contribution in [1.29, 1.82) is 0 Å². The maximum atomic E-state index is 4.03. The van der Waals surface area contributed by atoms with E-state index in [0.29, 0.717) is 0 Å². The average molecular weight is 143 g/mol. The van der Waals surface area contributed by atoms with Gasteiger partial charge in [-0.05, 0) is 0 Å². The van der Waals surface area contributed by atoms with Gasteiger partial charge in [-0.3, -0.25) is 0 Å². The Balaban J connectivity index is 3.02. The molecule has 0 unspecified atom stereocenters. The number of aromatic nitrogens is 1. The Morgan fingerprint density at radius 2 is 2.29 bits per heavy atom. The van der Waals surface area contributed by atoms with Crippen LogP contribution in [-0.2, 0) is 18.3 Å². The Morgan fingerprint density at radius 1 is 1.43 bits per heavy atom. The molecule has 1 heterocycles. The first-order valence-electron chi connectivity index (χ1n) is 2.12. The molecule has 1 rings (SSSR count). The molecule has 1 aromatic heterocycles. The van der Waals surface area contributed by atoms with E-state index in [0.717, 1.165) is 18.3 Å². The summed E-state index contributed by atoms with van der Waals surface area (Å²) in [6.45, 7) is 0. The molecular formula is C5H4NZn. The van der Waals surface area contributed by atoms with Crippen molar-refractivity contribution >= 4 is 4.29 Å². The minimum absolute atomic E-state index is 1.15. The van der Waals surface area contributed by atoms with Gasteiger partial charge < -0.3 is 0 Å². The van der Waals surface area contributed by atoms with Crippen LogP contribution in [0.1, 0.15) is 0 Å². The van der Waals surface area contributed by atoms with Gasteiger partial charge in [-0.2, -0.15) is 0 Å². The number of hydrogen-bond donors (Lipinski definition) is 0. The van der Waals surface area contributed by atoms with Crippen LogP contribution in [0, 0.1) is 0 Å². The predicted molar refractivity (Wildman–Crippen MR) is 23.9 cm³/mol. The molecule has 0 N–H and O–H groups in total. The molecule has 7 heavy (non-hydrogen) atoms. The first-order valence-corrected chi connectivity index (χ1v) is 3.61. The number of rotatable bonds is 0. The predicted octanol–water partition coefficient (Wildman–Crippen LogP) is 0.254. The Bertz CT molecular complexity index is 138. The molecule has 0 saturated heterocycles. The Labute approximate surface area is 52.5 Å². The van der Waals surface area contributed by atoms with Gasteiger partial charge in [-0.15, -0.1) is 0 Å². The van der Waals surface area contributed by atoms with Crippen molar-refractivity contribution in [2.45, 2.75) is 0 Å². The van der Waals surface area contributed by atoms with Crippen LogP contribution in [0.15, 0.2) is 24.4 Å². The summed E-state index contributed by atoms with van der Waals surface area (Å²) >= 11 is 1.15. The molecule has 2 heteroatoms. The summed E-state index contributed by atoms with van der Waals surface area (Å²) in [5.41, 5.74) is 0. The van der Waals surface area contributed by atoms with E-state index in [2.05, 4.69) is 4.98 Å². The molecule has 1 aromatic rings. The topological polar surface area (TPSA) is 12.9 Å². The first kappa shape index (κ1) is 4.92. The molecule has 0 atom stereocenters. The zero-order valence-corrected chi connectivity index (χ0v) is 6.93. The second-order valence-electron chi connectivity index (χ2n) is 1.32. The van der Waals surface area contributed by atoms with Crippen LogP contribution < -0.4 is 4.29 Å². The molecular weight excluding hydrogens is 139 g/mol. The summed E-state index contributed by atoms with van der Waals surface area (Å²) in [7, 11) is 0. The van der Waals surface area contributed by atoms with Crippen molar-refractivity contribution < 1.29 is 18.3 Å². The van der Waals surface area contributed by atoms with Crippen molar-refractivity contribution in [2.75, 3.05) is 0 Å². The quantitative estimate of drug-likeness (QED) is 0.475. The van der Waals surface area contributed by atoms with Gasteiger partial charge in [0.05, 0.1) is 0 Å². The van der Waals surface area contributed by atoms with Gasteiger partial charge in [0.1, 0.15) is 0 Å². The zero-order chi connectivity index (χ0) is 5.11. The average Bonchev–Trinajstić information content (AvgIpc) is 1.69. The van der Waals surface area contributed by atoms with Crippen molar-refractivity contribution in [1.82, 2.24) is 4.98 Å². The van der Waals surface area contributed by atoms with E-state index in [4.69, 9.17) is 0 Å². The van der Waals surface area contributed by atoms with Crippen molar-refractivity contribution in [3.63, 3.8) is 0 Å². The maximum absolute atomic E-state index is 4.03. The number of hydrogen-bond acceptors (Lipinski definition) is 1. The summed E-state index contributed by atoms with van der Waals surface area (Å²) < 4.78 is 1.20. The molecule has 0 aliphatic heterocycles. The van der Waals surface area contributed by atoms with E-state index >= 15 is 0 Å². The molecule has 0 saturated carbocycles. The molecule has 0 radical (unpaired) electrons. The van der Waals surface area contributed by atoms with Crippen molar-refractivity contribution in [3.05, 3.63) is 24.4 Å². The molecule has 1 nitrogen and oxygen atoms in total. The number of nitrogens with zero attached hydrogens (tertiary/aromatic N) is 1. The van der Waals surface area contributed by atoms with E-state index in [1.165, 1.54) is 4.29 Å². The van der Waals surface area contributed by atoms with Gasteiger partial charge in [0.25, 0.3) is 0 Å². The van der Waals surface area contributed by atoms with Crippen LogP contribution in [-0.4, -0.2) is 4.98 Å². The third-order valence-corrected chi connectivity index (χ3v) is 1.60. The van der Waals surface area contributed by atoms with Crippen LogP contribution in [0.3, 0.4) is 0 Å². The van der Waals surface area contributed by atoms with Crippen LogP contribution in [0.4, 0.5) is 0 Å². The van der Waals surface area contributed by atoms with Gasteiger partial charge >= 0.3 is 52.0 Å². The van der Waals surface area contributed by atoms with Crippen LogP contribution >= 0.6 is 0 Å². The van der Waals surface area contributed by atoms with E-state index < -0.39 is 0 Å². The fraction of sp³-hybridized carbons (Fsp3) is 0. The summed E-state index contributed by atoms with van der Waals surface area (Å²) in [5.74, 6) is 0. The minimum atomic E-state index is 1.15. The fourth-order valence-corrected chi connectivity index (χ4v) is 0.905. The second-order valence-corrected chi connectivity index (χ2v) is 2.84. The summed E-state index contributed by atoms with van der Waals surface area (Å²) in [5, 5.41) is 0. The van der Waals surface area contributed by atoms with Crippen LogP contribution in [0.2, 0.25) is 0 Å². The third-order valence-electron chi connectivity index (χ3n) is 0.726. The van der Waals surface area contributed by atoms with Gasteiger partial charge in [0, 0.05) is 0 Å². The SMILES string of the molecule is [Zn][c]1ccccn1. The molecule has 0 spiro atoms. The molecule has 0 aliphatic carbocycles. The second kappa shape index (κ2) is 2.18. The van der Waals surface area contributed by atoms with Crippen LogP contribution in [0.25, 0.3) is 0 Å². The molecule has 0 aromatic carbocycles. The molecule has 0 bridgehead atoms. The van der Waals surface area contributed by atoms with E-state index in [9.17, 15) is 0 Å². The van der Waals surface area contributed by atoms with Gasteiger partial charge in [0.2, 0.25) is 0 Å². The zero-order valence-electron chi connectivity index (χ0n) is 3.96. The number of pyridine rings is 1. The van der Waals surface area contributed by atoms with Crippen molar-refractivity contribution in [2.24, 2.45) is 0 Å².